The fraction of sp³-hybridized carbons (Fsp3) is 0.538. The van der Waals surface area contributed by atoms with E-state index in [1.165, 1.54) is 6.39 Å². The topological polar surface area (TPSA) is 86.3 Å². The number of nitrogens with zero attached hydrogens (tertiary/aromatic N) is 5. The number of hydrogen-bond acceptors (Lipinski definition) is 6. The van der Waals surface area contributed by atoms with Crippen molar-refractivity contribution in [3.8, 4) is 0 Å². The summed E-state index contributed by atoms with van der Waals surface area (Å²) in [6.07, 6.45) is 5.35. The second-order valence-corrected chi connectivity index (χ2v) is 5.00. The molecule has 1 fully saturated rings. The van der Waals surface area contributed by atoms with E-state index in [-0.39, 0.29) is 11.9 Å². The number of ether oxygens (including phenoxy) is 1. The van der Waals surface area contributed by atoms with E-state index in [0.717, 1.165) is 5.56 Å². The molecule has 0 saturated carbocycles. The van der Waals surface area contributed by atoms with Gasteiger partial charge in [-0.2, -0.15) is 10.1 Å². The zero-order valence-corrected chi connectivity index (χ0v) is 11.8. The van der Waals surface area contributed by atoms with Gasteiger partial charge < -0.3 is 14.2 Å². The Bertz CT molecular complexity index is 595. The van der Waals surface area contributed by atoms with Gasteiger partial charge in [0.2, 0.25) is 12.3 Å². The lowest BCUT2D eigenvalue weighted by Gasteiger charge is -2.33. The fourth-order valence-electron chi connectivity index (χ4n) is 2.38. The normalized spacial score (nSPS) is 18.9. The van der Waals surface area contributed by atoms with Gasteiger partial charge in [0.1, 0.15) is 6.04 Å². The van der Waals surface area contributed by atoms with Gasteiger partial charge in [-0.3, -0.25) is 9.48 Å². The van der Waals surface area contributed by atoms with Crippen LogP contribution in [0.15, 0.2) is 23.3 Å². The summed E-state index contributed by atoms with van der Waals surface area (Å²) in [7, 11) is 0. The molecule has 1 saturated heterocycles. The molecular formula is C13H17N5O3. The largest absolute Gasteiger partial charge is 0.377 e. The van der Waals surface area contributed by atoms with Crippen molar-refractivity contribution in [3.63, 3.8) is 0 Å². The Morgan fingerprint density at radius 1 is 1.52 bits per heavy atom. The molecule has 0 bridgehead atoms. The highest BCUT2D eigenvalue weighted by Crippen LogP contribution is 2.22. The van der Waals surface area contributed by atoms with E-state index < -0.39 is 0 Å². The molecule has 1 amide bonds. The third kappa shape index (κ3) is 3.10. The van der Waals surface area contributed by atoms with E-state index in [4.69, 9.17) is 9.26 Å². The van der Waals surface area contributed by atoms with Gasteiger partial charge in [-0.25, -0.2) is 0 Å². The highest BCUT2D eigenvalue weighted by atomic mass is 16.5. The number of amides is 1. The third-order valence-electron chi connectivity index (χ3n) is 3.44. The Labute approximate surface area is 121 Å². The number of morpholine rings is 1. The van der Waals surface area contributed by atoms with Gasteiger partial charge in [0.15, 0.2) is 5.82 Å². The van der Waals surface area contributed by atoms with Crippen LogP contribution in [-0.4, -0.2) is 50.5 Å². The van der Waals surface area contributed by atoms with Crippen LogP contribution in [0.4, 0.5) is 0 Å². The predicted molar refractivity (Wildman–Crippen MR) is 71.2 cm³/mol. The van der Waals surface area contributed by atoms with Crippen LogP contribution < -0.4 is 0 Å². The van der Waals surface area contributed by atoms with Crippen LogP contribution in [0.25, 0.3) is 0 Å². The molecule has 0 radical (unpaired) electrons. The molecule has 8 heteroatoms. The van der Waals surface area contributed by atoms with Crippen LogP contribution in [0.2, 0.25) is 0 Å². The highest BCUT2D eigenvalue weighted by molar-refractivity contribution is 5.76. The van der Waals surface area contributed by atoms with Gasteiger partial charge in [-0.15, -0.1) is 0 Å². The first-order chi connectivity index (χ1) is 10.2. The summed E-state index contributed by atoms with van der Waals surface area (Å²) in [6, 6.07) is -0.274. The van der Waals surface area contributed by atoms with E-state index in [1.54, 1.807) is 15.8 Å². The van der Waals surface area contributed by atoms with Crippen molar-refractivity contribution in [3.05, 3.63) is 30.2 Å². The maximum absolute atomic E-state index is 12.4. The summed E-state index contributed by atoms with van der Waals surface area (Å²) < 4.78 is 12.0. The van der Waals surface area contributed by atoms with Crippen LogP contribution >= 0.6 is 0 Å². The zero-order chi connectivity index (χ0) is 14.7. The molecule has 21 heavy (non-hydrogen) atoms. The molecule has 3 heterocycles. The van der Waals surface area contributed by atoms with E-state index >= 15 is 0 Å². The maximum atomic E-state index is 12.4. The first-order valence-corrected chi connectivity index (χ1v) is 6.86. The van der Waals surface area contributed by atoms with E-state index in [0.29, 0.717) is 38.5 Å². The van der Waals surface area contributed by atoms with Crippen LogP contribution in [-0.2, 0) is 16.1 Å². The molecule has 2 aromatic rings. The van der Waals surface area contributed by atoms with Crippen LogP contribution in [0.5, 0.6) is 0 Å². The van der Waals surface area contributed by atoms with Gasteiger partial charge >= 0.3 is 0 Å². The Morgan fingerprint density at radius 2 is 2.43 bits per heavy atom. The van der Waals surface area contributed by atoms with E-state index in [2.05, 4.69) is 15.2 Å². The molecular weight excluding hydrogens is 274 g/mol. The molecule has 1 aliphatic heterocycles. The molecule has 3 rings (SSSR count). The predicted octanol–water partition coefficient (Wildman–Crippen LogP) is 0.565. The Balaban J connectivity index is 1.64. The minimum Gasteiger partial charge on any atom is -0.377 e. The first-order valence-electron chi connectivity index (χ1n) is 6.86. The van der Waals surface area contributed by atoms with E-state index in [9.17, 15) is 4.79 Å². The second kappa shape index (κ2) is 6.04. The second-order valence-electron chi connectivity index (χ2n) is 5.00. The average Bonchev–Trinajstić information content (AvgIpc) is 3.16. The monoisotopic (exact) mass is 291 g/mol. The first kappa shape index (κ1) is 13.7. The SMILES string of the molecule is Cc1cnn(CCC(=O)N2CCOCC2c2ncon2)c1. The quantitative estimate of drug-likeness (QED) is 0.818. The molecule has 1 aliphatic rings. The van der Waals surface area contributed by atoms with Gasteiger partial charge in [0.05, 0.1) is 19.4 Å². The Hall–Kier alpha value is -2.22. The van der Waals surface area contributed by atoms with Crippen molar-refractivity contribution in [1.29, 1.82) is 0 Å². The smallest absolute Gasteiger partial charge is 0.225 e. The molecule has 8 nitrogen and oxygen atoms in total. The summed E-state index contributed by atoms with van der Waals surface area (Å²) in [5.41, 5.74) is 1.08. The number of rotatable bonds is 4. The molecule has 0 aromatic carbocycles. The summed E-state index contributed by atoms with van der Waals surface area (Å²) in [5.74, 6) is 0.527. The van der Waals surface area contributed by atoms with Crippen molar-refractivity contribution in [2.24, 2.45) is 0 Å². The Kier molecular flexibility index (Phi) is 3.96. The lowest BCUT2D eigenvalue weighted by atomic mass is 10.2. The van der Waals surface area contributed by atoms with Crippen LogP contribution in [0, 0.1) is 6.92 Å². The molecule has 0 spiro atoms. The van der Waals surface area contributed by atoms with Crippen LogP contribution in [0.3, 0.4) is 0 Å². The number of carbonyl (C=O) groups excluding carboxylic acids is 1. The summed E-state index contributed by atoms with van der Waals surface area (Å²) in [4.78, 5) is 18.2. The number of hydrogen-bond donors (Lipinski definition) is 0. The number of aromatic nitrogens is 4. The number of carbonyl (C=O) groups is 1. The maximum Gasteiger partial charge on any atom is 0.225 e. The minimum atomic E-state index is -0.274. The van der Waals surface area contributed by atoms with Gasteiger partial charge in [0, 0.05) is 25.7 Å². The number of aryl methyl sites for hydroxylation is 2. The average molecular weight is 291 g/mol. The fourth-order valence-corrected chi connectivity index (χ4v) is 2.38. The molecule has 1 atom stereocenters. The zero-order valence-electron chi connectivity index (χ0n) is 11.8. The molecule has 1 unspecified atom stereocenters. The van der Waals surface area contributed by atoms with Crippen molar-refractivity contribution < 1.29 is 14.1 Å². The van der Waals surface area contributed by atoms with Crippen molar-refractivity contribution in [1.82, 2.24) is 24.8 Å². The molecule has 0 aliphatic carbocycles. The summed E-state index contributed by atoms with van der Waals surface area (Å²) >= 11 is 0. The summed E-state index contributed by atoms with van der Waals surface area (Å²) in [5, 5.41) is 8.00. The lowest BCUT2D eigenvalue weighted by molar-refractivity contribution is -0.140. The summed E-state index contributed by atoms with van der Waals surface area (Å²) in [6.45, 7) is 3.99. The van der Waals surface area contributed by atoms with Crippen molar-refractivity contribution in [2.75, 3.05) is 19.8 Å². The van der Waals surface area contributed by atoms with Crippen LogP contribution in [0.1, 0.15) is 23.9 Å². The Morgan fingerprint density at radius 3 is 3.14 bits per heavy atom. The van der Waals surface area contributed by atoms with Crippen molar-refractivity contribution in [2.45, 2.75) is 25.9 Å². The minimum absolute atomic E-state index is 0.0428. The van der Waals surface area contributed by atoms with Crippen molar-refractivity contribution >= 4 is 5.91 Å². The standard InChI is InChI=1S/C13H17N5O3/c1-10-6-15-17(7-10)3-2-12(19)18-4-5-20-8-11(18)13-14-9-21-16-13/h6-7,9,11H,2-5,8H2,1H3. The highest BCUT2D eigenvalue weighted by Gasteiger charge is 2.31. The lowest BCUT2D eigenvalue weighted by Crippen LogP contribution is -2.44. The van der Waals surface area contributed by atoms with Gasteiger partial charge in [-0.1, -0.05) is 5.16 Å². The van der Waals surface area contributed by atoms with Gasteiger partial charge in [-0.05, 0) is 12.5 Å². The molecule has 112 valence electrons. The van der Waals surface area contributed by atoms with Gasteiger partial charge in [0.25, 0.3) is 0 Å². The molecule has 0 N–H and O–H groups in total. The molecule has 2 aromatic heterocycles. The third-order valence-corrected chi connectivity index (χ3v) is 3.44. The van der Waals surface area contributed by atoms with E-state index in [1.807, 2.05) is 13.1 Å².